The lowest BCUT2D eigenvalue weighted by Gasteiger charge is -2.18. The molecule has 6 nitrogen and oxygen atoms in total. The van der Waals surface area contributed by atoms with E-state index in [4.69, 9.17) is 0 Å². The van der Waals surface area contributed by atoms with Crippen molar-refractivity contribution >= 4 is 11.9 Å². The van der Waals surface area contributed by atoms with Gasteiger partial charge in [0.05, 0.1) is 6.54 Å². The molecule has 0 radical (unpaired) electrons. The number of pyridine rings is 1. The molecule has 2 saturated heterocycles. The zero-order chi connectivity index (χ0) is 15.9. The summed E-state index contributed by atoms with van der Waals surface area (Å²) in [7, 11) is 1.70. The van der Waals surface area contributed by atoms with Crippen molar-refractivity contribution in [3.05, 3.63) is 33.7 Å². The van der Waals surface area contributed by atoms with E-state index in [2.05, 4.69) is 0 Å². The molecule has 0 spiro atoms. The van der Waals surface area contributed by atoms with E-state index in [1.54, 1.807) is 22.6 Å². The number of rotatable bonds is 2. The van der Waals surface area contributed by atoms with Crippen LogP contribution in [-0.2, 0) is 18.4 Å². The highest BCUT2D eigenvalue weighted by Gasteiger charge is 2.45. The average molecular weight is 303 g/mol. The molecule has 3 rings (SSSR count). The Balaban J connectivity index is 1.87. The molecule has 2 aliphatic heterocycles. The second kappa shape index (κ2) is 5.59. The smallest absolute Gasteiger partial charge is 0.316 e. The van der Waals surface area contributed by atoms with Crippen LogP contribution in [0.3, 0.4) is 0 Å². The molecule has 3 amide bonds. The third kappa shape index (κ3) is 2.32. The highest BCUT2D eigenvalue weighted by Crippen LogP contribution is 2.26. The number of fused-ring (bicyclic) bond motifs is 1. The Bertz CT molecular complexity index is 656. The molecule has 2 aliphatic rings. The fourth-order valence-corrected chi connectivity index (χ4v) is 3.24. The van der Waals surface area contributed by atoms with Gasteiger partial charge in [0.1, 0.15) is 6.04 Å². The molecular formula is C16H21N3O3. The normalized spacial score (nSPS) is 22.0. The first-order valence-corrected chi connectivity index (χ1v) is 7.78. The van der Waals surface area contributed by atoms with Crippen LogP contribution in [0.15, 0.2) is 16.9 Å². The lowest BCUT2D eigenvalue weighted by atomic mass is 10.1. The first kappa shape index (κ1) is 14.8. The predicted octanol–water partition coefficient (Wildman–Crippen LogP) is 1.40. The van der Waals surface area contributed by atoms with Crippen molar-refractivity contribution in [2.24, 2.45) is 7.05 Å². The topological polar surface area (TPSA) is 62.6 Å². The minimum atomic E-state index is -0.329. The van der Waals surface area contributed by atoms with Gasteiger partial charge in [-0.1, -0.05) is 12.8 Å². The van der Waals surface area contributed by atoms with Crippen LogP contribution in [0.25, 0.3) is 0 Å². The molecular weight excluding hydrogens is 282 g/mol. The number of imide groups is 1. The van der Waals surface area contributed by atoms with E-state index < -0.39 is 0 Å². The first-order valence-electron chi connectivity index (χ1n) is 7.78. The second-order valence-corrected chi connectivity index (χ2v) is 6.13. The van der Waals surface area contributed by atoms with Gasteiger partial charge < -0.3 is 9.47 Å². The Morgan fingerprint density at radius 1 is 1.14 bits per heavy atom. The predicted molar refractivity (Wildman–Crippen MR) is 81.3 cm³/mol. The maximum atomic E-state index is 12.5. The SMILES string of the molecule is Cc1ccc(CN2C(=O)C3CCCCCN3C2=O)c(=O)n1C. The number of carbonyl (C=O) groups is 2. The van der Waals surface area contributed by atoms with E-state index in [9.17, 15) is 14.4 Å². The van der Waals surface area contributed by atoms with Crippen LogP contribution in [0.2, 0.25) is 0 Å². The Kier molecular flexibility index (Phi) is 3.76. The van der Waals surface area contributed by atoms with E-state index >= 15 is 0 Å². The molecule has 1 aromatic rings. The number of urea groups is 1. The molecule has 1 aromatic heterocycles. The number of aryl methyl sites for hydroxylation is 1. The lowest BCUT2D eigenvalue weighted by Crippen LogP contribution is -2.35. The molecule has 0 aliphatic carbocycles. The summed E-state index contributed by atoms with van der Waals surface area (Å²) in [5, 5.41) is 0. The number of carbonyl (C=O) groups excluding carboxylic acids is 2. The molecule has 6 heteroatoms. The maximum Gasteiger partial charge on any atom is 0.327 e. The summed E-state index contributed by atoms with van der Waals surface area (Å²) in [5.41, 5.74) is 1.18. The van der Waals surface area contributed by atoms with Gasteiger partial charge in [0.2, 0.25) is 0 Å². The summed E-state index contributed by atoms with van der Waals surface area (Å²) in [4.78, 5) is 40.2. The van der Waals surface area contributed by atoms with Gasteiger partial charge in [0, 0.05) is 24.8 Å². The quantitative estimate of drug-likeness (QED) is 0.776. The summed E-state index contributed by atoms with van der Waals surface area (Å²) in [6, 6.07) is 2.96. The summed E-state index contributed by atoms with van der Waals surface area (Å²) in [5.74, 6) is -0.158. The third-order valence-corrected chi connectivity index (χ3v) is 4.74. The summed E-state index contributed by atoms with van der Waals surface area (Å²) in [6.45, 7) is 2.55. The van der Waals surface area contributed by atoms with Gasteiger partial charge in [0.15, 0.2) is 0 Å². The molecule has 0 bridgehead atoms. The van der Waals surface area contributed by atoms with Crippen molar-refractivity contribution in [2.45, 2.75) is 45.2 Å². The molecule has 0 N–H and O–H groups in total. The lowest BCUT2D eigenvalue weighted by molar-refractivity contribution is -0.128. The molecule has 2 fully saturated rings. The van der Waals surface area contributed by atoms with Gasteiger partial charge in [0.25, 0.3) is 11.5 Å². The van der Waals surface area contributed by atoms with E-state index in [0.717, 1.165) is 31.4 Å². The molecule has 1 atom stereocenters. The van der Waals surface area contributed by atoms with Crippen molar-refractivity contribution in [1.29, 1.82) is 0 Å². The van der Waals surface area contributed by atoms with Crippen LogP contribution in [0.5, 0.6) is 0 Å². The fourth-order valence-electron chi connectivity index (χ4n) is 3.24. The van der Waals surface area contributed by atoms with Crippen LogP contribution in [0.1, 0.15) is 36.9 Å². The second-order valence-electron chi connectivity index (χ2n) is 6.13. The molecule has 0 aromatic carbocycles. The number of hydrogen-bond donors (Lipinski definition) is 0. The van der Waals surface area contributed by atoms with Gasteiger partial charge in [-0.25, -0.2) is 4.79 Å². The number of nitrogens with zero attached hydrogens (tertiary/aromatic N) is 3. The highest BCUT2D eigenvalue weighted by molar-refractivity contribution is 6.04. The summed E-state index contributed by atoms with van der Waals surface area (Å²) >= 11 is 0. The molecule has 22 heavy (non-hydrogen) atoms. The van der Waals surface area contributed by atoms with Crippen molar-refractivity contribution in [1.82, 2.24) is 14.4 Å². The highest BCUT2D eigenvalue weighted by atomic mass is 16.2. The van der Waals surface area contributed by atoms with Gasteiger partial charge in [-0.15, -0.1) is 0 Å². The monoisotopic (exact) mass is 303 g/mol. The summed E-state index contributed by atoms with van der Waals surface area (Å²) in [6.07, 6.45) is 3.70. The van der Waals surface area contributed by atoms with Crippen LogP contribution >= 0.6 is 0 Å². The molecule has 0 saturated carbocycles. The van der Waals surface area contributed by atoms with Crippen molar-refractivity contribution < 1.29 is 9.59 Å². The average Bonchev–Trinajstić information content (AvgIpc) is 2.70. The fraction of sp³-hybridized carbons (Fsp3) is 0.562. The van der Waals surface area contributed by atoms with Crippen LogP contribution in [-0.4, -0.2) is 38.9 Å². The Morgan fingerprint density at radius 3 is 2.68 bits per heavy atom. The first-order chi connectivity index (χ1) is 10.5. The number of aromatic nitrogens is 1. The van der Waals surface area contributed by atoms with Crippen LogP contribution in [0.4, 0.5) is 4.79 Å². The standard InChI is InChI=1S/C16H21N3O3/c1-11-7-8-12(14(20)17(11)2)10-19-15(21)13-6-4-3-5-9-18(13)16(19)22/h7-8,13H,3-6,9-10H2,1-2H3. The van der Waals surface area contributed by atoms with Gasteiger partial charge in [-0.05, 0) is 31.9 Å². The van der Waals surface area contributed by atoms with E-state index in [0.29, 0.717) is 12.1 Å². The Morgan fingerprint density at radius 2 is 1.91 bits per heavy atom. The van der Waals surface area contributed by atoms with E-state index in [1.807, 2.05) is 13.0 Å². The summed E-state index contributed by atoms with van der Waals surface area (Å²) < 4.78 is 1.54. The van der Waals surface area contributed by atoms with Crippen molar-refractivity contribution in [3.8, 4) is 0 Å². The zero-order valence-electron chi connectivity index (χ0n) is 13.0. The Hall–Kier alpha value is -2.11. The van der Waals surface area contributed by atoms with Gasteiger partial charge in [-0.3, -0.25) is 14.5 Å². The molecule has 3 heterocycles. The number of amides is 3. The third-order valence-electron chi connectivity index (χ3n) is 4.74. The molecule has 1 unspecified atom stereocenters. The Labute approximate surface area is 129 Å². The minimum Gasteiger partial charge on any atom is -0.316 e. The van der Waals surface area contributed by atoms with E-state index in [-0.39, 0.29) is 30.1 Å². The van der Waals surface area contributed by atoms with Crippen molar-refractivity contribution in [2.75, 3.05) is 6.54 Å². The zero-order valence-corrected chi connectivity index (χ0v) is 13.0. The number of hydrogen-bond acceptors (Lipinski definition) is 3. The minimum absolute atomic E-state index is 0.0671. The van der Waals surface area contributed by atoms with Gasteiger partial charge in [-0.2, -0.15) is 0 Å². The van der Waals surface area contributed by atoms with Crippen molar-refractivity contribution in [3.63, 3.8) is 0 Å². The molecule has 118 valence electrons. The van der Waals surface area contributed by atoms with Gasteiger partial charge >= 0.3 is 6.03 Å². The van der Waals surface area contributed by atoms with E-state index in [1.165, 1.54) is 4.90 Å². The van der Waals surface area contributed by atoms with Crippen LogP contribution in [0, 0.1) is 6.92 Å². The maximum absolute atomic E-state index is 12.5. The largest absolute Gasteiger partial charge is 0.327 e. The van der Waals surface area contributed by atoms with Crippen LogP contribution < -0.4 is 5.56 Å².